The van der Waals surface area contributed by atoms with Gasteiger partial charge in [-0.25, -0.2) is 8.42 Å². The van der Waals surface area contributed by atoms with Crippen LogP contribution in [0.5, 0.6) is 0 Å². The molecule has 0 amide bonds. The maximum absolute atomic E-state index is 12.8. The van der Waals surface area contributed by atoms with E-state index in [1.165, 1.54) is 4.31 Å². The molecule has 2 aliphatic rings. The third-order valence-corrected chi connectivity index (χ3v) is 6.64. The summed E-state index contributed by atoms with van der Waals surface area (Å²) in [4.78, 5) is 2.37. The minimum Gasteiger partial charge on any atom is -0.375 e. The van der Waals surface area contributed by atoms with Gasteiger partial charge in [0.15, 0.2) is 0 Å². The lowest BCUT2D eigenvalue weighted by atomic mass is 10.0. The summed E-state index contributed by atoms with van der Waals surface area (Å²) in [5.41, 5.74) is 0. The third kappa shape index (κ3) is 2.83. The number of fused-ring (bicyclic) bond motifs is 1. The highest BCUT2D eigenvalue weighted by molar-refractivity contribution is 7.89. The minimum atomic E-state index is -3.55. The van der Waals surface area contributed by atoms with E-state index in [2.05, 4.69) is 4.90 Å². The van der Waals surface area contributed by atoms with E-state index in [9.17, 15) is 8.42 Å². The number of likely N-dealkylation sites (N-methyl/N-ethyl adjacent to an activating group) is 1. The molecule has 2 heterocycles. The van der Waals surface area contributed by atoms with Gasteiger partial charge in [0, 0.05) is 25.7 Å². The van der Waals surface area contributed by atoms with Gasteiger partial charge in [-0.2, -0.15) is 4.31 Å². The zero-order valence-electron chi connectivity index (χ0n) is 11.9. The first-order valence-corrected chi connectivity index (χ1v) is 8.88. The van der Waals surface area contributed by atoms with Crippen LogP contribution < -0.4 is 0 Å². The predicted molar refractivity (Wildman–Crippen MR) is 81.0 cm³/mol. The van der Waals surface area contributed by atoms with Gasteiger partial charge in [-0.3, -0.25) is 4.90 Å². The van der Waals surface area contributed by atoms with E-state index in [0.717, 1.165) is 19.6 Å². The van der Waals surface area contributed by atoms with Gasteiger partial charge in [0.25, 0.3) is 0 Å². The van der Waals surface area contributed by atoms with E-state index in [0.29, 0.717) is 13.1 Å². The lowest BCUT2D eigenvalue weighted by Gasteiger charge is -2.45. The van der Waals surface area contributed by atoms with Crippen LogP contribution in [-0.2, 0) is 14.8 Å². The first-order chi connectivity index (χ1) is 10.00. The smallest absolute Gasteiger partial charge is 0.244 e. The molecular formula is C14H19ClN2O3S. The first-order valence-electron chi connectivity index (χ1n) is 7.06. The SMILES string of the molecule is CN1CCO[C@@H]2CCN(S(=O)(=O)c3ccccc3Cl)C[C@H]21. The summed E-state index contributed by atoms with van der Waals surface area (Å²) < 4.78 is 32.8. The molecule has 0 spiro atoms. The summed E-state index contributed by atoms with van der Waals surface area (Å²) in [6.45, 7) is 2.48. The fourth-order valence-corrected chi connectivity index (χ4v) is 4.99. The Morgan fingerprint density at radius 2 is 2.05 bits per heavy atom. The zero-order chi connectivity index (χ0) is 15.0. The molecule has 2 atom stereocenters. The molecule has 21 heavy (non-hydrogen) atoms. The van der Waals surface area contributed by atoms with Crippen molar-refractivity contribution in [3.8, 4) is 0 Å². The summed E-state index contributed by atoms with van der Waals surface area (Å²) in [7, 11) is -1.53. The molecule has 0 radical (unpaired) electrons. The maximum atomic E-state index is 12.8. The van der Waals surface area contributed by atoms with Gasteiger partial charge >= 0.3 is 0 Å². The second-order valence-corrected chi connectivity index (χ2v) is 7.85. The molecule has 2 fully saturated rings. The predicted octanol–water partition coefficient (Wildman–Crippen LogP) is 1.43. The van der Waals surface area contributed by atoms with Gasteiger partial charge in [-0.15, -0.1) is 0 Å². The van der Waals surface area contributed by atoms with Crippen molar-refractivity contribution >= 4 is 21.6 Å². The Kier molecular flexibility index (Phi) is 4.25. The molecule has 5 nitrogen and oxygen atoms in total. The van der Waals surface area contributed by atoms with Crippen LogP contribution in [0.15, 0.2) is 29.2 Å². The number of morpholine rings is 1. The Bertz CT molecular complexity index is 622. The van der Waals surface area contributed by atoms with Crippen molar-refractivity contribution in [3.63, 3.8) is 0 Å². The largest absolute Gasteiger partial charge is 0.375 e. The Hall–Kier alpha value is -0.660. The Balaban J connectivity index is 1.86. The fourth-order valence-electron chi connectivity index (χ4n) is 3.02. The van der Waals surface area contributed by atoms with Gasteiger partial charge < -0.3 is 4.74 Å². The molecule has 2 aliphatic heterocycles. The van der Waals surface area contributed by atoms with Crippen molar-refractivity contribution in [1.82, 2.24) is 9.21 Å². The average Bonchev–Trinajstić information content (AvgIpc) is 2.47. The summed E-state index contributed by atoms with van der Waals surface area (Å²) >= 11 is 6.05. The number of hydrogen-bond acceptors (Lipinski definition) is 4. The fraction of sp³-hybridized carbons (Fsp3) is 0.571. The van der Waals surface area contributed by atoms with E-state index in [1.54, 1.807) is 24.3 Å². The van der Waals surface area contributed by atoms with Crippen LogP contribution >= 0.6 is 11.6 Å². The van der Waals surface area contributed by atoms with Crippen molar-refractivity contribution in [2.45, 2.75) is 23.5 Å². The molecule has 0 bridgehead atoms. The number of ether oxygens (including phenoxy) is 1. The summed E-state index contributed by atoms with van der Waals surface area (Å²) in [6, 6.07) is 6.71. The third-order valence-electron chi connectivity index (χ3n) is 4.28. The highest BCUT2D eigenvalue weighted by atomic mass is 35.5. The molecule has 0 saturated carbocycles. The number of halogens is 1. The summed E-state index contributed by atoms with van der Waals surface area (Å²) in [5, 5.41) is 0.271. The van der Waals surface area contributed by atoms with E-state index in [-0.39, 0.29) is 22.1 Å². The van der Waals surface area contributed by atoms with Crippen molar-refractivity contribution in [2.24, 2.45) is 0 Å². The Morgan fingerprint density at radius 3 is 2.81 bits per heavy atom. The molecule has 0 aliphatic carbocycles. The van der Waals surface area contributed by atoms with E-state index in [1.807, 2.05) is 7.05 Å². The molecule has 3 rings (SSSR count). The molecule has 7 heteroatoms. The standard InChI is InChI=1S/C14H19ClN2O3S/c1-16-8-9-20-13-6-7-17(10-12(13)16)21(18,19)14-5-3-2-4-11(14)15/h2-5,12-13H,6-10H2,1H3/t12-,13-/m1/s1. The second-order valence-electron chi connectivity index (χ2n) is 5.54. The quantitative estimate of drug-likeness (QED) is 0.823. The van der Waals surface area contributed by atoms with Crippen molar-refractivity contribution in [3.05, 3.63) is 29.3 Å². The van der Waals surface area contributed by atoms with Crippen LogP contribution in [0.25, 0.3) is 0 Å². The second kappa shape index (κ2) is 5.85. The van der Waals surface area contributed by atoms with Crippen LogP contribution in [-0.4, -0.2) is 63.1 Å². The Morgan fingerprint density at radius 1 is 1.29 bits per heavy atom. The minimum absolute atomic E-state index is 0.116. The lowest BCUT2D eigenvalue weighted by molar-refractivity contribution is -0.0840. The van der Waals surface area contributed by atoms with E-state index in [4.69, 9.17) is 16.3 Å². The topological polar surface area (TPSA) is 49.9 Å². The average molecular weight is 331 g/mol. The maximum Gasteiger partial charge on any atom is 0.244 e. The molecule has 116 valence electrons. The van der Waals surface area contributed by atoms with Crippen molar-refractivity contribution < 1.29 is 13.2 Å². The first kappa shape index (κ1) is 15.2. The number of piperidine rings is 1. The molecule has 2 saturated heterocycles. The van der Waals surface area contributed by atoms with E-state index < -0.39 is 10.0 Å². The molecule has 1 aromatic rings. The van der Waals surface area contributed by atoms with Gasteiger partial charge in [-0.05, 0) is 25.6 Å². The highest BCUT2D eigenvalue weighted by Gasteiger charge is 2.40. The molecule has 0 N–H and O–H groups in total. The molecular weight excluding hydrogens is 312 g/mol. The van der Waals surface area contributed by atoms with Gasteiger partial charge in [0.2, 0.25) is 10.0 Å². The number of sulfonamides is 1. The van der Waals surface area contributed by atoms with Crippen LogP contribution in [0.2, 0.25) is 5.02 Å². The Labute approximate surface area is 130 Å². The highest BCUT2D eigenvalue weighted by Crippen LogP contribution is 2.29. The lowest BCUT2D eigenvalue weighted by Crippen LogP contribution is -2.59. The normalized spacial score (nSPS) is 28.3. The summed E-state index contributed by atoms with van der Waals surface area (Å²) in [5.74, 6) is 0. The van der Waals surface area contributed by atoms with Gasteiger partial charge in [0.05, 0.1) is 17.7 Å². The van der Waals surface area contributed by atoms with Gasteiger partial charge in [0.1, 0.15) is 4.90 Å². The van der Waals surface area contributed by atoms with Crippen LogP contribution in [0.4, 0.5) is 0 Å². The number of hydrogen-bond donors (Lipinski definition) is 0. The number of nitrogens with zero attached hydrogens (tertiary/aromatic N) is 2. The van der Waals surface area contributed by atoms with Crippen molar-refractivity contribution in [2.75, 3.05) is 33.3 Å². The molecule has 0 aromatic heterocycles. The number of benzene rings is 1. The van der Waals surface area contributed by atoms with Crippen LogP contribution in [0, 0.1) is 0 Å². The van der Waals surface area contributed by atoms with Gasteiger partial charge in [-0.1, -0.05) is 23.7 Å². The molecule has 1 aromatic carbocycles. The van der Waals surface area contributed by atoms with Crippen molar-refractivity contribution in [1.29, 1.82) is 0 Å². The summed E-state index contributed by atoms with van der Waals surface area (Å²) in [6.07, 6.45) is 0.847. The molecule has 0 unspecified atom stereocenters. The van der Waals surface area contributed by atoms with E-state index >= 15 is 0 Å². The monoisotopic (exact) mass is 330 g/mol. The van der Waals surface area contributed by atoms with Crippen LogP contribution in [0.3, 0.4) is 0 Å². The number of rotatable bonds is 2. The van der Waals surface area contributed by atoms with Crippen LogP contribution in [0.1, 0.15) is 6.42 Å². The zero-order valence-corrected chi connectivity index (χ0v) is 13.5.